The lowest BCUT2D eigenvalue weighted by molar-refractivity contribution is -0.0474. The third-order valence-electron chi connectivity index (χ3n) is 2.57. The maximum Gasteiger partial charge on any atom is 0.282 e. The van der Waals surface area contributed by atoms with Crippen molar-refractivity contribution in [1.29, 1.82) is 0 Å². The summed E-state index contributed by atoms with van der Waals surface area (Å²) in [7, 11) is 0. The van der Waals surface area contributed by atoms with E-state index < -0.39 is 24.5 Å². The van der Waals surface area contributed by atoms with Crippen LogP contribution in [0.4, 0.5) is 8.78 Å². The summed E-state index contributed by atoms with van der Waals surface area (Å²) in [5.74, 6) is -2.96. The molecule has 0 aliphatic heterocycles. The first kappa shape index (κ1) is 16.1. The van der Waals surface area contributed by atoms with Crippen molar-refractivity contribution >= 4 is 5.84 Å². The second-order valence-electron chi connectivity index (χ2n) is 4.66. The summed E-state index contributed by atoms with van der Waals surface area (Å²) in [5, 5.41) is 22.4. The van der Waals surface area contributed by atoms with Gasteiger partial charge in [0.05, 0.1) is 6.54 Å². The number of aliphatic hydroxyl groups is 1. The first-order valence-corrected chi connectivity index (χ1v) is 5.42. The van der Waals surface area contributed by atoms with E-state index in [2.05, 4.69) is 10.5 Å². The molecular weight excluding hydrogens is 232 g/mol. The van der Waals surface area contributed by atoms with Crippen molar-refractivity contribution in [2.45, 2.75) is 32.6 Å². The SMILES string of the molecule is CC(C)(CCCNCC(F)(F)CO)C(N)=NO. The molecule has 0 aromatic rings. The quantitative estimate of drug-likeness (QED) is 0.169. The fraction of sp³-hybridized carbons (Fsp3) is 0.900. The first-order valence-electron chi connectivity index (χ1n) is 5.42. The molecule has 0 saturated carbocycles. The molecule has 0 fully saturated rings. The van der Waals surface area contributed by atoms with Gasteiger partial charge in [-0.2, -0.15) is 0 Å². The number of hydrogen-bond donors (Lipinski definition) is 4. The number of hydrogen-bond acceptors (Lipinski definition) is 4. The van der Waals surface area contributed by atoms with E-state index in [1.165, 1.54) is 0 Å². The van der Waals surface area contributed by atoms with Gasteiger partial charge >= 0.3 is 0 Å². The highest BCUT2D eigenvalue weighted by atomic mass is 19.3. The summed E-state index contributed by atoms with van der Waals surface area (Å²) >= 11 is 0. The van der Waals surface area contributed by atoms with Gasteiger partial charge in [0.25, 0.3) is 5.92 Å². The normalized spacial score (nSPS) is 14.1. The number of alkyl halides is 2. The van der Waals surface area contributed by atoms with Crippen molar-refractivity contribution in [3.05, 3.63) is 0 Å². The van der Waals surface area contributed by atoms with Crippen molar-refractivity contribution in [3.8, 4) is 0 Å². The molecule has 102 valence electrons. The third kappa shape index (κ3) is 6.38. The highest BCUT2D eigenvalue weighted by Crippen LogP contribution is 2.22. The van der Waals surface area contributed by atoms with Crippen LogP contribution in [0.5, 0.6) is 0 Å². The van der Waals surface area contributed by atoms with Gasteiger partial charge in [0.1, 0.15) is 12.4 Å². The van der Waals surface area contributed by atoms with Crippen LogP contribution >= 0.6 is 0 Å². The molecule has 5 nitrogen and oxygen atoms in total. The molecule has 0 radical (unpaired) electrons. The number of nitrogens with two attached hydrogens (primary N) is 1. The van der Waals surface area contributed by atoms with Crippen molar-refractivity contribution < 1.29 is 19.1 Å². The van der Waals surface area contributed by atoms with Crippen LogP contribution in [0.2, 0.25) is 0 Å². The Labute approximate surface area is 99.7 Å². The van der Waals surface area contributed by atoms with Gasteiger partial charge in [-0.3, -0.25) is 0 Å². The lowest BCUT2D eigenvalue weighted by Gasteiger charge is -2.22. The van der Waals surface area contributed by atoms with Crippen LogP contribution in [0.1, 0.15) is 26.7 Å². The summed E-state index contributed by atoms with van der Waals surface area (Å²) in [4.78, 5) is 0. The van der Waals surface area contributed by atoms with E-state index in [4.69, 9.17) is 16.0 Å². The van der Waals surface area contributed by atoms with E-state index in [9.17, 15) is 8.78 Å². The van der Waals surface area contributed by atoms with Gasteiger partial charge in [0, 0.05) is 5.41 Å². The molecule has 0 aromatic heterocycles. The van der Waals surface area contributed by atoms with Crippen LogP contribution in [-0.4, -0.2) is 41.8 Å². The minimum atomic E-state index is -3.08. The average molecular weight is 253 g/mol. The zero-order valence-electron chi connectivity index (χ0n) is 10.2. The number of nitrogens with zero attached hydrogens (tertiary/aromatic N) is 1. The number of rotatable bonds is 8. The molecule has 0 unspecified atom stereocenters. The van der Waals surface area contributed by atoms with Crippen molar-refractivity contribution in [3.63, 3.8) is 0 Å². The van der Waals surface area contributed by atoms with E-state index in [0.717, 1.165) is 0 Å². The molecule has 0 amide bonds. The molecule has 0 heterocycles. The fourth-order valence-corrected chi connectivity index (χ4v) is 1.25. The Morgan fingerprint density at radius 3 is 2.47 bits per heavy atom. The maximum absolute atomic E-state index is 12.6. The van der Waals surface area contributed by atoms with E-state index in [1.807, 2.05) is 13.8 Å². The van der Waals surface area contributed by atoms with Gasteiger partial charge < -0.3 is 21.4 Å². The molecule has 5 N–H and O–H groups in total. The summed E-state index contributed by atoms with van der Waals surface area (Å²) in [6.07, 6.45) is 1.23. The Bertz CT molecular complexity index is 258. The predicted molar refractivity (Wildman–Crippen MR) is 61.3 cm³/mol. The van der Waals surface area contributed by atoms with Gasteiger partial charge in [-0.1, -0.05) is 19.0 Å². The lowest BCUT2D eigenvalue weighted by atomic mass is 9.86. The van der Waals surface area contributed by atoms with E-state index in [0.29, 0.717) is 19.4 Å². The second-order valence-corrected chi connectivity index (χ2v) is 4.66. The highest BCUT2D eigenvalue weighted by molar-refractivity contribution is 5.85. The minimum Gasteiger partial charge on any atom is -0.409 e. The minimum absolute atomic E-state index is 0.123. The third-order valence-corrected chi connectivity index (χ3v) is 2.57. The highest BCUT2D eigenvalue weighted by Gasteiger charge is 2.27. The summed E-state index contributed by atoms with van der Waals surface area (Å²) in [6.45, 7) is 2.30. The van der Waals surface area contributed by atoms with Gasteiger partial charge in [0.2, 0.25) is 0 Å². The Kier molecular flexibility index (Phi) is 6.33. The molecule has 0 aliphatic rings. The second kappa shape index (κ2) is 6.70. The molecule has 0 rings (SSSR count). The summed E-state index contributed by atoms with van der Waals surface area (Å²) < 4.78 is 25.2. The van der Waals surface area contributed by atoms with Gasteiger partial charge in [-0.25, -0.2) is 8.78 Å². The monoisotopic (exact) mass is 253 g/mol. The summed E-state index contributed by atoms with van der Waals surface area (Å²) in [6, 6.07) is 0. The molecule has 0 saturated heterocycles. The summed E-state index contributed by atoms with van der Waals surface area (Å²) in [5.41, 5.74) is 5.02. The van der Waals surface area contributed by atoms with E-state index in [1.54, 1.807) is 0 Å². The Morgan fingerprint density at radius 2 is 2.00 bits per heavy atom. The molecular formula is C10H21F2N3O2. The predicted octanol–water partition coefficient (Wildman–Crippen LogP) is 0.756. The number of nitrogens with one attached hydrogen (secondary N) is 1. The lowest BCUT2D eigenvalue weighted by Crippen LogP contribution is -2.37. The fourth-order valence-electron chi connectivity index (χ4n) is 1.25. The maximum atomic E-state index is 12.6. The largest absolute Gasteiger partial charge is 0.409 e. The molecule has 7 heteroatoms. The average Bonchev–Trinajstić information content (AvgIpc) is 2.27. The topological polar surface area (TPSA) is 90.9 Å². The van der Waals surface area contributed by atoms with Gasteiger partial charge in [-0.05, 0) is 19.4 Å². The van der Waals surface area contributed by atoms with Crippen LogP contribution in [0.25, 0.3) is 0 Å². The van der Waals surface area contributed by atoms with Crippen molar-refractivity contribution in [2.24, 2.45) is 16.3 Å². The first-order chi connectivity index (χ1) is 7.75. The molecule has 17 heavy (non-hydrogen) atoms. The van der Waals surface area contributed by atoms with Crippen molar-refractivity contribution in [1.82, 2.24) is 5.32 Å². The Balaban J connectivity index is 3.79. The number of oxime groups is 1. The number of amidine groups is 1. The van der Waals surface area contributed by atoms with E-state index >= 15 is 0 Å². The Hall–Kier alpha value is -0.950. The smallest absolute Gasteiger partial charge is 0.282 e. The molecule has 0 spiro atoms. The number of halogens is 2. The molecule has 0 aliphatic carbocycles. The van der Waals surface area contributed by atoms with Crippen LogP contribution in [0.3, 0.4) is 0 Å². The zero-order valence-corrected chi connectivity index (χ0v) is 10.2. The Morgan fingerprint density at radius 1 is 1.41 bits per heavy atom. The zero-order chi connectivity index (χ0) is 13.5. The molecule has 0 aromatic carbocycles. The standard InChI is InChI=1S/C10H21F2N3O2/c1-9(2,8(13)15-17)4-3-5-14-6-10(11,12)7-16/h14,16-17H,3-7H2,1-2H3,(H2,13,15). The van der Waals surface area contributed by atoms with Gasteiger partial charge in [0.15, 0.2) is 0 Å². The van der Waals surface area contributed by atoms with E-state index in [-0.39, 0.29) is 5.84 Å². The van der Waals surface area contributed by atoms with Crippen LogP contribution < -0.4 is 11.1 Å². The van der Waals surface area contributed by atoms with Gasteiger partial charge in [-0.15, -0.1) is 0 Å². The van der Waals surface area contributed by atoms with Crippen LogP contribution in [-0.2, 0) is 0 Å². The molecule has 0 atom stereocenters. The number of aliphatic hydroxyl groups excluding tert-OH is 1. The van der Waals surface area contributed by atoms with Crippen molar-refractivity contribution in [2.75, 3.05) is 19.7 Å². The molecule has 0 bridgehead atoms. The van der Waals surface area contributed by atoms with Crippen LogP contribution in [0.15, 0.2) is 5.16 Å². The van der Waals surface area contributed by atoms with Crippen LogP contribution in [0, 0.1) is 5.41 Å².